The van der Waals surface area contributed by atoms with Gasteiger partial charge >= 0.3 is 5.97 Å². The van der Waals surface area contributed by atoms with Crippen molar-refractivity contribution >= 4 is 34.3 Å². The molecule has 0 aliphatic heterocycles. The second-order valence-electron chi connectivity index (χ2n) is 5.86. The molecule has 8 heteroatoms. The minimum atomic E-state index is -0.433. The lowest BCUT2D eigenvalue weighted by Crippen LogP contribution is -2.22. The molecule has 4 aromatic rings. The van der Waals surface area contributed by atoms with Crippen LogP contribution in [-0.2, 0) is 11.2 Å². The van der Waals surface area contributed by atoms with Crippen molar-refractivity contribution in [2.45, 2.75) is 6.42 Å². The molecular weight excluding hydrogens is 344 g/mol. The Morgan fingerprint density at radius 2 is 1.85 bits per heavy atom. The summed E-state index contributed by atoms with van der Waals surface area (Å²) < 4.78 is 0. The molecule has 4 rings (SSSR count). The van der Waals surface area contributed by atoms with Gasteiger partial charge in [-0.15, -0.1) is 5.10 Å². The Bertz CT molecular complexity index is 1080. The Labute approximate surface area is 154 Å². The summed E-state index contributed by atoms with van der Waals surface area (Å²) in [6.07, 6.45) is 3.29. The van der Waals surface area contributed by atoms with Crippen molar-refractivity contribution < 1.29 is 9.63 Å². The predicted molar refractivity (Wildman–Crippen MR) is 101 cm³/mol. The first-order valence-electron chi connectivity index (χ1n) is 8.26. The fraction of sp³-hybridized carbons (Fsp3) is 0.0526. The predicted octanol–water partition coefficient (Wildman–Crippen LogP) is 2.35. The maximum absolute atomic E-state index is 12.2. The van der Waals surface area contributed by atoms with E-state index in [0.717, 1.165) is 16.1 Å². The lowest BCUT2D eigenvalue weighted by atomic mass is 10.2. The maximum atomic E-state index is 12.2. The van der Waals surface area contributed by atoms with Gasteiger partial charge in [0, 0.05) is 17.6 Å². The highest BCUT2D eigenvalue weighted by Gasteiger charge is 2.12. The molecule has 0 spiro atoms. The highest BCUT2D eigenvalue weighted by Crippen LogP contribution is 2.17. The molecule has 2 aromatic carbocycles. The van der Waals surface area contributed by atoms with Crippen LogP contribution in [0.4, 0.5) is 17.3 Å². The van der Waals surface area contributed by atoms with E-state index in [1.807, 2.05) is 42.5 Å². The van der Waals surface area contributed by atoms with Gasteiger partial charge in [-0.3, -0.25) is 0 Å². The minimum absolute atomic E-state index is 0.143. The lowest BCUT2D eigenvalue weighted by molar-refractivity contribution is -0.144. The molecule has 0 atom stereocenters. The Hall–Kier alpha value is -3.94. The van der Waals surface area contributed by atoms with Gasteiger partial charge in [0.25, 0.3) is 0 Å². The van der Waals surface area contributed by atoms with Crippen molar-refractivity contribution in [1.29, 1.82) is 0 Å². The number of benzene rings is 2. The number of nitrogens with two attached hydrogens (primary N) is 1. The zero-order valence-corrected chi connectivity index (χ0v) is 14.2. The smallest absolute Gasteiger partial charge is 0.339 e. The van der Waals surface area contributed by atoms with Crippen molar-refractivity contribution in [3.8, 4) is 0 Å². The molecule has 2 heterocycles. The molecule has 0 saturated heterocycles. The third kappa shape index (κ3) is 3.84. The molecule has 0 fully saturated rings. The molecule has 0 amide bonds. The van der Waals surface area contributed by atoms with Crippen molar-refractivity contribution in [3.63, 3.8) is 0 Å². The monoisotopic (exact) mass is 360 g/mol. The summed E-state index contributed by atoms with van der Waals surface area (Å²) in [6, 6.07) is 16.5. The Morgan fingerprint density at radius 1 is 1.07 bits per heavy atom. The van der Waals surface area contributed by atoms with Crippen LogP contribution in [0.5, 0.6) is 0 Å². The third-order valence-corrected chi connectivity index (χ3v) is 3.83. The first kappa shape index (κ1) is 16.5. The molecule has 0 aliphatic carbocycles. The SMILES string of the molecule is Nc1ccc(Nc2ncc3cnn(OC(=O)Cc4ccccc4)c3n2)cc1. The van der Waals surface area contributed by atoms with E-state index in [9.17, 15) is 4.79 Å². The van der Waals surface area contributed by atoms with Crippen LogP contribution in [0.2, 0.25) is 0 Å². The summed E-state index contributed by atoms with van der Waals surface area (Å²) in [5.74, 6) is -0.0778. The Balaban J connectivity index is 1.53. The summed E-state index contributed by atoms with van der Waals surface area (Å²) in [4.78, 5) is 27.2. The van der Waals surface area contributed by atoms with Gasteiger partial charge in [0.15, 0.2) is 0 Å². The summed E-state index contributed by atoms with van der Waals surface area (Å²) >= 11 is 0. The van der Waals surface area contributed by atoms with Crippen LogP contribution in [0.1, 0.15) is 5.56 Å². The van der Waals surface area contributed by atoms with Crippen LogP contribution in [0.3, 0.4) is 0 Å². The van der Waals surface area contributed by atoms with Crippen LogP contribution < -0.4 is 15.9 Å². The third-order valence-electron chi connectivity index (χ3n) is 3.83. The number of fused-ring (bicyclic) bond motifs is 1. The maximum Gasteiger partial charge on any atom is 0.339 e. The van der Waals surface area contributed by atoms with E-state index in [0.29, 0.717) is 22.7 Å². The molecule has 134 valence electrons. The van der Waals surface area contributed by atoms with Gasteiger partial charge in [-0.2, -0.15) is 4.98 Å². The molecule has 8 nitrogen and oxygen atoms in total. The Kier molecular flexibility index (Phi) is 4.36. The normalized spacial score (nSPS) is 10.7. The number of nitrogens with zero attached hydrogens (tertiary/aromatic N) is 4. The average Bonchev–Trinajstić information content (AvgIpc) is 3.06. The van der Waals surface area contributed by atoms with E-state index in [2.05, 4.69) is 20.4 Å². The first-order chi connectivity index (χ1) is 13.2. The van der Waals surface area contributed by atoms with E-state index in [-0.39, 0.29) is 6.42 Å². The number of nitrogen functional groups attached to an aromatic ring is 1. The molecule has 0 saturated carbocycles. The standard InChI is InChI=1S/C19H16N6O2/c20-15-6-8-16(9-7-15)23-19-21-11-14-12-22-25(18(14)24-19)27-17(26)10-13-4-2-1-3-5-13/h1-9,11-12H,10,20H2,(H,21,23,24). The average molecular weight is 360 g/mol. The van der Waals surface area contributed by atoms with Gasteiger partial charge in [-0.1, -0.05) is 35.2 Å². The van der Waals surface area contributed by atoms with Gasteiger partial charge in [0.1, 0.15) is 0 Å². The number of carbonyl (C=O) groups excluding carboxylic acids is 1. The fourth-order valence-corrected chi connectivity index (χ4v) is 2.51. The highest BCUT2D eigenvalue weighted by atomic mass is 16.7. The number of carbonyl (C=O) groups is 1. The van der Waals surface area contributed by atoms with Gasteiger partial charge < -0.3 is 15.9 Å². The summed E-state index contributed by atoms with van der Waals surface area (Å²) in [5, 5.41) is 7.80. The van der Waals surface area contributed by atoms with Gasteiger partial charge in [-0.25, -0.2) is 9.78 Å². The Morgan fingerprint density at radius 3 is 2.63 bits per heavy atom. The summed E-state index contributed by atoms with van der Waals surface area (Å²) in [5.41, 5.74) is 8.39. The van der Waals surface area contributed by atoms with Crippen molar-refractivity contribution in [3.05, 3.63) is 72.6 Å². The molecular formula is C19H16N6O2. The number of hydrogen-bond acceptors (Lipinski definition) is 7. The zero-order valence-electron chi connectivity index (χ0n) is 14.2. The molecule has 2 aromatic heterocycles. The quantitative estimate of drug-likeness (QED) is 0.526. The fourth-order valence-electron chi connectivity index (χ4n) is 2.51. The molecule has 0 radical (unpaired) electrons. The molecule has 3 N–H and O–H groups in total. The number of anilines is 3. The van der Waals surface area contributed by atoms with E-state index in [1.54, 1.807) is 18.3 Å². The summed E-state index contributed by atoms with van der Waals surface area (Å²) in [6.45, 7) is 0. The molecule has 0 unspecified atom stereocenters. The largest absolute Gasteiger partial charge is 0.399 e. The van der Waals surface area contributed by atoms with E-state index in [4.69, 9.17) is 10.6 Å². The van der Waals surface area contributed by atoms with Crippen LogP contribution in [0.25, 0.3) is 11.0 Å². The first-order valence-corrected chi connectivity index (χ1v) is 8.26. The van der Waals surface area contributed by atoms with Gasteiger partial charge in [0.05, 0.1) is 18.0 Å². The molecule has 0 aliphatic rings. The van der Waals surface area contributed by atoms with Crippen LogP contribution in [-0.4, -0.2) is 25.9 Å². The van der Waals surface area contributed by atoms with Gasteiger partial charge in [-0.05, 0) is 29.8 Å². The van der Waals surface area contributed by atoms with Crippen LogP contribution in [0, 0.1) is 0 Å². The molecule has 0 bridgehead atoms. The zero-order chi connectivity index (χ0) is 18.6. The second kappa shape index (κ2) is 7.12. The minimum Gasteiger partial charge on any atom is -0.399 e. The topological polar surface area (TPSA) is 108 Å². The lowest BCUT2D eigenvalue weighted by Gasteiger charge is -2.06. The molecule has 27 heavy (non-hydrogen) atoms. The number of aromatic nitrogens is 4. The number of nitrogens with one attached hydrogen (secondary N) is 1. The van der Waals surface area contributed by atoms with Crippen LogP contribution in [0.15, 0.2) is 67.0 Å². The van der Waals surface area contributed by atoms with Crippen LogP contribution >= 0.6 is 0 Å². The summed E-state index contributed by atoms with van der Waals surface area (Å²) in [7, 11) is 0. The number of rotatable bonds is 5. The van der Waals surface area contributed by atoms with Crippen molar-refractivity contribution in [2.24, 2.45) is 0 Å². The van der Waals surface area contributed by atoms with E-state index < -0.39 is 5.97 Å². The van der Waals surface area contributed by atoms with E-state index >= 15 is 0 Å². The van der Waals surface area contributed by atoms with Crippen molar-refractivity contribution in [2.75, 3.05) is 11.1 Å². The second-order valence-corrected chi connectivity index (χ2v) is 5.86. The number of hydrogen-bond donors (Lipinski definition) is 2. The van der Waals surface area contributed by atoms with E-state index in [1.165, 1.54) is 6.20 Å². The van der Waals surface area contributed by atoms with Crippen molar-refractivity contribution in [1.82, 2.24) is 19.9 Å². The highest BCUT2D eigenvalue weighted by molar-refractivity contribution is 5.77. The van der Waals surface area contributed by atoms with Gasteiger partial charge in [0.2, 0.25) is 11.6 Å².